The van der Waals surface area contributed by atoms with Crippen LogP contribution in [0, 0.1) is 0 Å². The Morgan fingerprint density at radius 2 is 1.85 bits per heavy atom. The minimum absolute atomic E-state index is 0.338. The van der Waals surface area contributed by atoms with Crippen molar-refractivity contribution >= 4 is 11.3 Å². The monoisotopic (exact) mass is 375 g/mol. The summed E-state index contributed by atoms with van der Waals surface area (Å²) in [5.41, 5.74) is 0.883. The number of aromatic nitrogens is 3. The summed E-state index contributed by atoms with van der Waals surface area (Å²) >= 11 is 0. The molecule has 0 radical (unpaired) electrons. The fraction of sp³-hybridized carbons (Fsp3) is 0.368. The molecule has 0 aliphatic carbocycles. The lowest BCUT2D eigenvalue weighted by molar-refractivity contribution is -0.137. The van der Waals surface area contributed by atoms with Gasteiger partial charge in [-0.2, -0.15) is 18.3 Å². The maximum Gasteiger partial charge on any atom is 0.416 e. The molecule has 0 saturated carbocycles. The lowest BCUT2D eigenvalue weighted by Gasteiger charge is -2.37. The van der Waals surface area contributed by atoms with Gasteiger partial charge in [-0.25, -0.2) is 9.50 Å². The number of rotatable bonds is 2. The Kier molecular flexibility index (Phi) is 4.30. The van der Waals surface area contributed by atoms with E-state index in [0.717, 1.165) is 31.0 Å². The van der Waals surface area contributed by atoms with Gasteiger partial charge in [0.2, 0.25) is 0 Å². The molecule has 3 aromatic heterocycles. The number of nitrogens with zero attached hydrogens (tertiary/aromatic N) is 4. The molecule has 4 rings (SSSR count). The first-order chi connectivity index (χ1) is 12.8. The van der Waals surface area contributed by atoms with E-state index in [1.54, 1.807) is 12.3 Å². The number of hydrogen-bond acceptors (Lipinski definition) is 4. The van der Waals surface area contributed by atoms with Crippen LogP contribution >= 0.6 is 0 Å². The number of hydrogen-bond donors (Lipinski definition) is 1. The van der Waals surface area contributed by atoms with Crippen molar-refractivity contribution in [2.75, 3.05) is 18.0 Å². The molecule has 0 unspecified atom stereocenters. The van der Waals surface area contributed by atoms with Crippen LogP contribution in [0.5, 0.6) is 0 Å². The van der Waals surface area contributed by atoms with E-state index in [1.807, 2.05) is 12.1 Å². The molecule has 1 aliphatic heterocycles. The maximum atomic E-state index is 13.1. The van der Waals surface area contributed by atoms with Crippen molar-refractivity contribution in [1.29, 1.82) is 0 Å². The highest BCUT2D eigenvalue weighted by atomic mass is 19.4. The second-order valence-electron chi connectivity index (χ2n) is 7.06. The smallest absolute Gasteiger partial charge is 0.353 e. The van der Waals surface area contributed by atoms with Crippen molar-refractivity contribution in [2.45, 2.75) is 32.1 Å². The first-order valence-corrected chi connectivity index (χ1v) is 8.84. The fourth-order valence-electron chi connectivity index (χ4n) is 3.62. The highest BCUT2D eigenvalue weighted by molar-refractivity contribution is 5.78. The molecule has 0 aromatic carbocycles. The highest BCUT2D eigenvalue weighted by Crippen LogP contribution is 2.32. The van der Waals surface area contributed by atoms with Gasteiger partial charge in [-0.05, 0) is 38.1 Å². The van der Waals surface area contributed by atoms with Gasteiger partial charge < -0.3 is 10.2 Å². The SMILES string of the molecule is C[C@@H]1CN(c2cccc(-c3cnn4ccc(C(F)(F)F)cc34)n2)C[C@H](C)N1. The Balaban J connectivity index is 1.74. The van der Waals surface area contributed by atoms with Gasteiger partial charge in [-0.15, -0.1) is 0 Å². The third-order valence-electron chi connectivity index (χ3n) is 4.74. The van der Waals surface area contributed by atoms with E-state index in [2.05, 4.69) is 29.2 Å². The Bertz CT molecular complexity index is 955. The van der Waals surface area contributed by atoms with Crippen molar-refractivity contribution in [2.24, 2.45) is 0 Å². The first kappa shape index (κ1) is 17.8. The maximum absolute atomic E-state index is 13.1. The summed E-state index contributed by atoms with van der Waals surface area (Å²) in [7, 11) is 0. The number of pyridine rings is 2. The standard InChI is InChI=1S/C19H20F3N5/c1-12-10-26(11-13(2)24-12)18-5-3-4-16(25-18)15-9-23-27-7-6-14(8-17(15)27)19(20,21)22/h3-9,12-13,24H,10-11H2,1-2H3/t12-,13+. The Morgan fingerprint density at radius 1 is 1.11 bits per heavy atom. The molecule has 8 heteroatoms. The van der Waals surface area contributed by atoms with Crippen LogP contribution < -0.4 is 10.2 Å². The largest absolute Gasteiger partial charge is 0.416 e. The van der Waals surface area contributed by atoms with Crippen molar-refractivity contribution in [3.63, 3.8) is 0 Å². The number of alkyl halides is 3. The van der Waals surface area contributed by atoms with E-state index in [0.29, 0.717) is 28.9 Å². The molecule has 2 atom stereocenters. The molecule has 1 N–H and O–H groups in total. The number of fused-ring (bicyclic) bond motifs is 1. The number of nitrogens with one attached hydrogen (secondary N) is 1. The highest BCUT2D eigenvalue weighted by Gasteiger charge is 2.31. The zero-order valence-corrected chi connectivity index (χ0v) is 15.0. The molecule has 1 fully saturated rings. The molecule has 1 aliphatic rings. The summed E-state index contributed by atoms with van der Waals surface area (Å²) < 4.78 is 40.7. The van der Waals surface area contributed by atoms with Gasteiger partial charge in [0.1, 0.15) is 5.82 Å². The van der Waals surface area contributed by atoms with E-state index in [9.17, 15) is 13.2 Å². The molecule has 142 valence electrons. The van der Waals surface area contributed by atoms with Gasteiger partial charge in [0.25, 0.3) is 0 Å². The minimum atomic E-state index is -4.40. The summed E-state index contributed by atoms with van der Waals surface area (Å²) in [6.45, 7) is 5.90. The molecule has 4 heterocycles. The average molecular weight is 375 g/mol. The van der Waals surface area contributed by atoms with Crippen molar-refractivity contribution < 1.29 is 13.2 Å². The molecule has 0 spiro atoms. The van der Waals surface area contributed by atoms with Gasteiger partial charge in [-0.3, -0.25) is 0 Å². The predicted octanol–water partition coefficient (Wildman–Crippen LogP) is 3.60. The quantitative estimate of drug-likeness (QED) is 0.743. The molecule has 5 nitrogen and oxygen atoms in total. The Morgan fingerprint density at radius 3 is 2.56 bits per heavy atom. The summed E-state index contributed by atoms with van der Waals surface area (Å²) in [6.07, 6.45) is -1.51. The second-order valence-corrected chi connectivity index (χ2v) is 7.06. The topological polar surface area (TPSA) is 45.5 Å². The van der Waals surface area contributed by atoms with E-state index >= 15 is 0 Å². The van der Waals surface area contributed by atoms with Gasteiger partial charge in [0.05, 0.1) is 23.0 Å². The Hall–Kier alpha value is -2.61. The molecule has 1 saturated heterocycles. The third-order valence-corrected chi connectivity index (χ3v) is 4.74. The molecule has 27 heavy (non-hydrogen) atoms. The lowest BCUT2D eigenvalue weighted by atomic mass is 10.1. The summed E-state index contributed by atoms with van der Waals surface area (Å²) in [5, 5.41) is 7.65. The van der Waals surface area contributed by atoms with Gasteiger partial charge in [0.15, 0.2) is 0 Å². The van der Waals surface area contributed by atoms with Crippen LogP contribution in [-0.4, -0.2) is 39.8 Å². The summed E-state index contributed by atoms with van der Waals surface area (Å²) in [4.78, 5) is 6.91. The fourth-order valence-corrected chi connectivity index (χ4v) is 3.62. The molecular weight excluding hydrogens is 355 g/mol. The van der Waals surface area contributed by atoms with E-state index in [1.165, 1.54) is 10.7 Å². The second kappa shape index (κ2) is 6.53. The van der Waals surface area contributed by atoms with Crippen LogP contribution in [0.2, 0.25) is 0 Å². The van der Waals surface area contributed by atoms with Crippen molar-refractivity contribution in [3.8, 4) is 11.3 Å². The van der Waals surface area contributed by atoms with Crippen LogP contribution in [0.15, 0.2) is 42.7 Å². The third kappa shape index (κ3) is 3.49. The van der Waals surface area contributed by atoms with Gasteiger partial charge >= 0.3 is 6.18 Å². The zero-order valence-electron chi connectivity index (χ0n) is 15.0. The first-order valence-electron chi connectivity index (χ1n) is 8.84. The van der Waals surface area contributed by atoms with Gasteiger partial charge in [-0.1, -0.05) is 6.07 Å². The van der Waals surface area contributed by atoms with Crippen LogP contribution in [0.4, 0.5) is 19.0 Å². The zero-order chi connectivity index (χ0) is 19.2. The average Bonchev–Trinajstić information content (AvgIpc) is 3.03. The summed E-state index contributed by atoms with van der Waals surface area (Å²) in [6, 6.07) is 8.43. The summed E-state index contributed by atoms with van der Waals surface area (Å²) in [5.74, 6) is 0.819. The lowest BCUT2D eigenvalue weighted by Crippen LogP contribution is -2.54. The van der Waals surface area contributed by atoms with Crippen LogP contribution in [0.3, 0.4) is 0 Å². The van der Waals surface area contributed by atoms with Crippen LogP contribution in [-0.2, 0) is 6.18 Å². The molecule has 3 aromatic rings. The molecular formula is C19H20F3N5. The Labute approximate surface area is 154 Å². The normalized spacial score (nSPS) is 21.0. The van der Waals surface area contributed by atoms with E-state index in [4.69, 9.17) is 4.98 Å². The van der Waals surface area contributed by atoms with E-state index < -0.39 is 11.7 Å². The minimum Gasteiger partial charge on any atom is -0.353 e. The number of piperazine rings is 1. The number of halogens is 3. The molecule has 0 bridgehead atoms. The number of anilines is 1. The van der Waals surface area contributed by atoms with Crippen molar-refractivity contribution in [1.82, 2.24) is 19.9 Å². The molecule has 0 amide bonds. The predicted molar refractivity (Wildman–Crippen MR) is 97.7 cm³/mol. The van der Waals surface area contributed by atoms with E-state index in [-0.39, 0.29) is 0 Å². The van der Waals surface area contributed by atoms with Crippen LogP contribution in [0.25, 0.3) is 16.8 Å². The van der Waals surface area contributed by atoms with Crippen molar-refractivity contribution in [3.05, 3.63) is 48.3 Å². The van der Waals surface area contributed by atoms with Gasteiger partial charge in [0, 0.05) is 36.9 Å². The van der Waals surface area contributed by atoms with Crippen LogP contribution in [0.1, 0.15) is 19.4 Å².